The average molecular weight is 286 g/mol. The number of benzene rings is 3. The number of hydrogen-bond donors (Lipinski definition) is 0. The third-order valence-corrected chi connectivity index (χ3v) is 4.39. The summed E-state index contributed by atoms with van der Waals surface area (Å²) in [4.78, 5) is 0. The van der Waals surface area contributed by atoms with E-state index in [1.807, 2.05) is 6.07 Å². The van der Waals surface area contributed by atoms with Gasteiger partial charge in [0, 0.05) is 11.5 Å². The van der Waals surface area contributed by atoms with Crippen LogP contribution >= 0.6 is 0 Å². The minimum atomic E-state index is 0.112. The lowest BCUT2D eigenvalue weighted by Gasteiger charge is -2.33. The van der Waals surface area contributed by atoms with Gasteiger partial charge in [-0.2, -0.15) is 0 Å². The second kappa shape index (κ2) is 5.69. The molecule has 22 heavy (non-hydrogen) atoms. The zero-order chi connectivity index (χ0) is 14.8. The van der Waals surface area contributed by atoms with Gasteiger partial charge in [-0.3, -0.25) is 0 Å². The SMILES string of the molecule is c1ccc([C@H]2C[C@H](c3ccccc3)Oc3ccccc32)cc1. The van der Waals surface area contributed by atoms with Crippen LogP contribution in [0.5, 0.6) is 5.75 Å². The van der Waals surface area contributed by atoms with E-state index >= 15 is 0 Å². The Balaban J connectivity index is 1.77. The third-order valence-electron chi connectivity index (χ3n) is 4.39. The number of fused-ring (bicyclic) bond motifs is 1. The third kappa shape index (κ3) is 2.39. The number of hydrogen-bond acceptors (Lipinski definition) is 1. The molecule has 1 aliphatic rings. The Morgan fingerprint density at radius 2 is 1.23 bits per heavy atom. The average Bonchev–Trinajstić information content (AvgIpc) is 2.62. The van der Waals surface area contributed by atoms with E-state index in [1.165, 1.54) is 16.7 Å². The highest BCUT2D eigenvalue weighted by Crippen LogP contribution is 2.44. The van der Waals surface area contributed by atoms with Crippen LogP contribution in [0.3, 0.4) is 0 Å². The van der Waals surface area contributed by atoms with Crippen molar-refractivity contribution in [2.24, 2.45) is 0 Å². The van der Waals surface area contributed by atoms with E-state index in [0.29, 0.717) is 5.92 Å². The van der Waals surface area contributed by atoms with Gasteiger partial charge in [0.1, 0.15) is 11.9 Å². The van der Waals surface area contributed by atoms with Crippen LogP contribution < -0.4 is 4.74 Å². The molecule has 1 heteroatoms. The molecule has 2 atom stereocenters. The molecule has 1 nitrogen and oxygen atoms in total. The molecule has 0 aromatic heterocycles. The lowest BCUT2D eigenvalue weighted by Crippen LogP contribution is -2.19. The summed E-state index contributed by atoms with van der Waals surface area (Å²) in [5.74, 6) is 1.40. The predicted molar refractivity (Wildman–Crippen MR) is 89.2 cm³/mol. The molecule has 1 heterocycles. The van der Waals surface area contributed by atoms with Gasteiger partial charge in [0.15, 0.2) is 0 Å². The number of rotatable bonds is 2. The molecule has 0 bridgehead atoms. The predicted octanol–water partition coefficient (Wildman–Crippen LogP) is 5.34. The van der Waals surface area contributed by atoms with Crippen molar-refractivity contribution in [2.45, 2.75) is 18.4 Å². The van der Waals surface area contributed by atoms with Crippen molar-refractivity contribution in [1.82, 2.24) is 0 Å². The maximum atomic E-state index is 6.27. The van der Waals surface area contributed by atoms with Crippen LogP contribution in [0.25, 0.3) is 0 Å². The molecule has 3 aromatic rings. The maximum Gasteiger partial charge on any atom is 0.125 e. The molecule has 0 N–H and O–H groups in total. The fraction of sp³-hybridized carbons (Fsp3) is 0.143. The second-order valence-corrected chi connectivity index (χ2v) is 5.75. The summed E-state index contributed by atoms with van der Waals surface area (Å²) in [6.07, 6.45) is 1.09. The van der Waals surface area contributed by atoms with Crippen LogP contribution in [0.2, 0.25) is 0 Å². The van der Waals surface area contributed by atoms with Gasteiger partial charge in [0.25, 0.3) is 0 Å². The molecular weight excluding hydrogens is 268 g/mol. The Morgan fingerprint density at radius 1 is 0.636 bits per heavy atom. The Hall–Kier alpha value is -2.54. The van der Waals surface area contributed by atoms with Crippen molar-refractivity contribution in [3.63, 3.8) is 0 Å². The van der Waals surface area contributed by atoms with E-state index in [4.69, 9.17) is 4.74 Å². The highest BCUT2D eigenvalue weighted by atomic mass is 16.5. The van der Waals surface area contributed by atoms with Gasteiger partial charge >= 0.3 is 0 Å². The van der Waals surface area contributed by atoms with Crippen LogP contribution in [0.1, 0.15) is 35.1 Å². The fourth-order valence-corrected chi connectivity index (χ4v) is 3.29. The minimum absolute atomic E-state index is 0.112. The molecule has 1 aliphatic heterocycles. The first-order chi connectivity index (χ1) is 10.9. The van der Waals surface area contributed by atoms with Gasteiger partial charge in [0.05, 0.1) is 0 Å². The largest absolute Gasteiger partial charge is 0.485 e. The second-order valence-electron chi connectivity index (χ2n) is 5.75. The van der Waals surface area contributed by atoms with Crippen molar-refractivity contribution in [2.75, 3.05) is 0 Å². The molecule has 4 rings (SSSR count). The lowest BCUT2D eigenvalue weighted by atomic mass is 9.83. The number of ether oxygens (including phenoxy) is 1. The summed E-state index contributed by atoms with van der Waals surface area (Å²) in [5, 5.41) is 0. The van der Waals surface area contributed by atoms with Crippen LogP contribution in [0.4, 0.5) is 0 Å². The van der Waals surface area contributed by atoms with E-state index in [9.17, 15) is 0 Å². The Bertz CT molecular complexity index is 749. The van der Waals surface area contributed by atoms with Crippen molar-refractivity contribution >= 4 is 0 Å². The van der Waals surface area contributed by atoms with E-state index in [-0.39, 0.29) is 6.10 Å². The first kappa shape index (κ1) is 13.1. The van der Waals surface area contributed by atoms with Crippen LogP contribution in [0, 0.1) is 0 Å². The molecule has 0 spiro atoms. The summed E-state index contributed by atoms with van der Waals surface area (Å²) in [7, 11) is 0. The Labute approximate surface area is 131 Å². The van der Waals surface area contributed by atoms with Crippen LogP contribution in [-0.4, -0.2) is 0 Å². The Kier molecular flexibility index (Phi) is 3.40. The Morgan fingerprint density at radius 3 is 1.95 bits per heavy atom. The number of para-hydroxylation sites is 1. The minimum Gasteiger partial charge on any atom is -0.485 e. The fourth-order valence-electron chi connectivity index (χ4n) is 3.29. The molecule has 108 valence electrons. The first-order valence-corrected chi connectivity index (χ1v) is 7.77. The van der Waals surface area contributed by atoms with Crippen LogP contribution in [-0.2, 0) is 0 Å². The molecule has 0 amide bonds. The molecule has 0 radical (unpaired) electrons. The molecule has 3 aromatic carbocycles. The maximum absolute atomic E-state index is 6.27. The van der Waals surface area contributed by atoms with Gasteiger partial charge in [-0.15, -0.1) is 0 Å². The van der Waals surface area contributed by atoms with Crippen molar-refractivity contribution in [1.29, 1.82) is 0 Å². The van der Waals surface area contributed by atoms with E-state index in [1.54, 1.807) is 0 Å². The van der Waals surface area contributed by atoms with Crippen molar-refractivity contribution < 1.29 is 4.74 Å². The van der Waals surface area contributed by atoms with Crippen molar-refractivity contribution in [3.8, 4) is 5.75 Å². The van der Waals surface area contributed by atoms with Gasteiger partial charge in [-0.25, -0.2) is 0 Å². The smallest absolute Gasteiger partial charge is 0.125 e. The first-order valence-electron chi connectivity index (χ1n) is 7.77. The van der Waals surface area contributed by atoms with Gasteiger partial charge in [-0.05, 0) is 23.6 Å². The highest BCUT2D eigenvalue weighted by molar-refractivity contribution is 5.44. The molecular formula is C21H18O. The van der Waals surface area contributed by atoms with Gasteiger partial charge in [-0.1, -0.05) is 78.9 Å². The molecule has 0 fully saturated rings. The monoisotopic (exact) mass is 286 g/mol. The topological polar surface area (TPSA) is 9.23 Å². The van der Waals surface area contributed by atoms with E-state index in [2.05, 4.69) is 78.9 Å². The van der Waals surface area contributed by atoms with E-state index in [0.717, 1.165) is 12.2 Å². The van der Waals surface area contributed by atoms with Gasteiger partial charge < -0.3 is 4.74 Å². The van der Waals surface area contributed by atoms with Gasteiger partial charge in [0.2, 0.25) is 0 Å². The summed E-state index contributed by atoms with van der Waals surface area (Å²) in [6, 6.07) is 29.7. The zero-order valence-corrected chi connectivity index (χ0v) is 12.4. The van der Waals surface area contributed by atoms with Crippen LogP contribution in [0.15, 0.2) is 84.9 Å². The van der Waals surface area contributed by atoms with E-state index < -0.39 is 0 Å². The summed E-state index contributed by atoms with van der Waals surface area (Å²) in [5.41, 5.74) is 3.90. The molecule has 0 saturated heterocycles. The summed E-state index contributed by atoms with van der Waals surface area (Å²) >= 11 is 0. The lowest BCUT2D eigenvalue weighted by molar-refractivity contribution is 0.167. The standard InChI is InChI=1S/C21H18O/c1-3-9-16(10-4-1)19-15-21(17-11-5-2-6-12-17)22-20-14-8-7-13-18(19)20/h1-14,19,21H,15H2/t19-,21-/m1/s1. The normalized spacial score (nSPS) is 20.0. The molecule has 0 aliphatic carbocycles. The highest BCUT2D eigenvalue weighted by Gasteiger charge is 2.29. The zero-order valence-electron chi connectivity index (χ0n) is 12.4. The van der Waals surface area contributed by atoms with Crippen molar-refractivity contribution in [3.05, 3.63) is 102 Å². The molecule has 0 saturated carbocycles. The summed E-state index contributed by atoms with van der Waals surface area (Å²) in [6.45, 7) is 0. The quantitative estimate of drug-likeness (QED) is 0.617. The molecule has 0 unspecified atom stereocenters. The summed E-state index contributed by atoms with van der Waals surface area (Å²) < 4.78 is 6.27.